The topological polar surface area (TPSA) is 21.3 Å². The molecule has 0 spiro atoms. The van der Waals surface area contributed by atoms with E-state index >= 15 is 0 Å². The van der Waals surface area contributed by atoms with Gasteiger partial charge in [0.2, 0.25) is 0 Å². The summed E-state index contributed by atoms with van der Waals surface area (Å²) in [6, 6.07) is 5.66. The quantitative estimate of drug-likeness (QED) is 0.914. The van der Waals surface area contributed by atoms with Crippen molar-refractivity contribution in [2.75, 3.05) is 19.8 Å². The minimum atomic E-state index is -0.281. The van der Waals surface area contributed by atoms with Crippen LogP contribution in [0.1, 0.15) is 32.3 Å². The third-order valence-electron chi connectivity index (χ3n) is 3.82. The Morgan fingerprint density at radius 1 is 1.37 bits per heavy atom. The summed E-state index contributed by atoms with van der Waals surface area (Å²) < 4.78 is 19.8. The number of ether oxygens (including phenoxy) is 1. The molecule has 2 nitrogen and oxygen atoms in total. The molecule has 1 aromatic carbocycles. The molecule has 0 unspecified atom stereocenters. The smallest absolute Gasteiger partial charge is 0.145 e. The Balaban J connectivity index is 2.33. The molecule has 1 saturated heterocycles. The lowest BCUT2D eigenvalue weighted by Gasteiger charge is -2.39. The van der Waals surface area contributed by atoms with Gasteiger partial charge in [-0.1, -0.05) is 37.6 Å². The third-order valence-corrected chi connectivity index (χ3v) is 4.11. The molecule has 19 heavy (non-hydrogen) atoms. The molecule has 0 aliphatic carbocycles. The summed E-state index contributed by atoms with van der Waals surface area (Å²) in [6.45, 7) is 6.30. The monoisotopic (exact) mass is 285 g/mol. The zero-order valence-electron chi connectivity index (χ0n) is 11.5. The Kier molecular flexibility index (Phi) is 4.82. The fourth-order valence-electron chi connectivity index (χ4n) is 2.62. The van der Waals surface area contributed by atoms with Crippen molar-refractivity contribution in [1.29, 1.82) is 0 Å². The van der Waals surface area contributed by atoms with Crippen LogP contribution < -0.4 is 5.32 Å². The second kappa shape index (κ2) is 6.21. The first-order chi connectivity index (χ1) is 9.05. The van der Waals surface area contributed by atoms with Gasteiger partial charge in [-0.3, -0.25) is 0 Å². The van der Waals surface area contributed by atoms with Gasteiger partial charge in [-0.05, 0) is 24.5 Å². The predicted octanol–water partition coefficient (Wildman–Crippen LogP) is 3.53. The molecule has 1 heterocycles. The molecule has 1 aliphatic rings. The molecule has 0 amide bonds. The molecular weight excluding hydrogens is 265 g/mol. The molecule has 2 rings (SSSR count). The van der Waals surface area contributed by atoms with E-state index in [4.69, 9.17) is 16.3 Å². The van der Waals surface area contributed by atoms with Crippen LogP contribution in [0.15, 0.2) is 18.2 Å². The van der Waals surface area contributed by atoms with E-state index in [0.717, 1.165) is 24.9 Å². The lowest BCUT2D eigenvalue weighted by molar-refractivity contribution is 0.0480. The predicted molar refractivity (Wildman–Crippen MR) is 76.3 cm³/mol. The van der Waals surface area contributed by atoms with Crippen molar-refractivity contribution in [3.05, 3.63) is 34.6 Å². The maximum atomic E-state index is 14.4. The van der Waals surface area contributed by atoms with Gasteiger partial charge in [0.05, 0.1) is 5.02 Å². The van der Waals surface area contributed by atoms with Crippen LogP contribution in [-0.2, 0) is 10.2 Å². The van der Waals surface area contributed by atoms with Gasteiger partial charge in [-0.2, -0.15) is 0 Å². The SMILES string of the molecule is CC(C)NCC1(c2cccc(Cl)c2F)CCOCC1. The fraction of sp³-hybridized carbons (Fsp3) is 0.600. The summed E-state index contributed by atoms with van der Waals surface area (Å²) >= 11 is 5.93. The number of rotatable bonds is 4. The van der Waals surface area contributed by atoms with Crippen LogP contribution in [0, 0.1) is 5.82 Å². The zero-order valence-corrected chi connectivity index (χ0v) is 12.3. The average Bonchev–Trinajstić information content (AvgIpc) is 2.41. The van der Waals surface area contributed by atoms with Crippen LogP contribution in [0.25, 0.3) is 0 Å². The third kappa shape index (κ3) is 3.28. The fourth-order valence-corrected chi connectivity index (χ4v) is 2.79. The lowest BCUT2D eigenvalue weighted by Crippen LogP contribution is -2.45. The highest BCUT2D eigenvalue weighted by atomic mass is 35.5. The first kappa shape index (κ1) is 14.8. The molecule has 0 atom stereocenters. The molecule has 0 bridgehead atoms. The molecule has 1 fully saturated rings. The summed E-state index contributed by atoms with van der Waals surface area (Å²) in [6.07, 6.45) is 1.65. The highest BCUT2D eigenvalue weighted by Crippen LogP contribution is 2.37. The summed E-state index contributed by atoms with van der Waals surface area (Å²) in [5, 5.41) is 3.64. The van der Waals surface area contributed by atoms with Crippen LogP contribution in [0.4, 0.5) is 4.39 Å². The molecule has 0 radical (unpaired) electrons. The van der Waals surface area contributed by atoms with Gasteiger partial charge in [-0.25, -0.2) is 4.39 Å². The van der Waals surface area contributed by atoms with Crippen LogP contribution in [0.2, 0.25) is 5.02 Å². The van der Waals surface area contributed by atoms with Gasteiger partial charge < -0.3 is 10.1 Å². The van der Waals surface area contributed by atoms with Crippen molar-refractivity contribution >= 4 is 11.6 Å². The Bertz CT molecular complexity index is 430. The number of nitrogens with one attached hydrogen (secondary N) is 1. The van der Waals surface area contributed by atoms with E-state index in [0.29, 0.717) is 19.3 Å². The molecule has 1 aromatic rings. The van der Waals surface area contributed by atoms with Crippen molar-refractivity contribution in [1.82, 2.24) is 5.32 Å². The highest BCUT2D eigenvalue weighted by Gasteiger charge is 2.36. The summed E-state index contributed by atoms with van der Waals surface area (Å²) in [5.41, 5.74) is 0.508. The summed E-state index contributed by atoms with van der Waals surface area (Å²) in [7, 11) is 0. The van der Waals surface area contributed by atoms with Crippen LogP contribution >= 0.6 is 11.6 Å². The molecule has 4 heteroatoms. The Morgan fingerprint density at radius 2 is 2.05 bits per heavy atom. The minimum Gasteiger partial charge on any atom is -0.381 e. The van der Waals surface area contributed by atoms with Crippen molar-refractivity contribution in [2.24, 2.45) is 0 Å². The van der Waals surface area contributed by atoms with Gasteiger partial charge >= 0.3 is 0 Å². The Labute approximate surface area is 119 Å². The summed E-state index contributed by atoms with van der Waals surface area (Å²) in [5.74, 6) is -0.281. The van der Waals surface area contributed by atoms with Crippen molar-refractivity contribution < 1.29 is 9.13 Å². The number of hydrogen-bond donors (Lipinski definition) is 1. The van der Waals surface area contributed by atoms with Crippen LogP contribution in [0.5, 0.6) is 0 Å². The molecule has 1 N–H and O–H groups in total. The van der Waals surface area contributed by atoms with Crippen LogP contribution in [0.3, 0.4) is 0 Å². The zero-order chi connectivity index (χ0) is 13.9. The van der Waals surface area contributed by atoms with Gasteiger partial charge in [0, 0.05) is 31.2 Å². The first-order valence-corrected chi connectivity index (χ1v) is 7.18. The van der Waals surface area contributed by atoms with E-state index in [1.807, 2.05) is 12.1 Å². The van der Waals surface area contributed by atoms with E-state index in [1.54, 1.807) is 6.07 Å². The highest BCUT2D eigenvalue weighted by molar-refractivity contribution is 6.30. The van der Waals surface area contributed by atoms with E-state index < -0.39 is 0 Å². The molecule has 106 valence electrons. The largest absolute Gasteiger partial charge is 0.381 e. The van der Waals surface area contributed by atoms with E-state index in [9.17, 15) is 4.39 Å². The average molecular weight is 286 g/mol. The number of benzene rings is 1. The summed E-state index contributed by atoms with van der Waals surface area (Å²) in [4.78, 5) is 0. The molecule has 1 aliphatic heterocycles. The van der Waals surface area contributed by atoms with Gasteiger partial charge in [0.1, 0.15) is 5.82 Å². The molecular formula is C15H21ClFNO. The Morgan fingerprint density at radius 3 is 2.68 bits per heavy atom. The molecule has 0 saturated carbocycles. The van der Waals surface area contributed by atoms with Gasteiger partial charge in [-0.15, -0.1) is 0 Å². The van der Waals surface area contributed by atoms with Crippen molar-refractivity contribution in [3.8, 4) is 0 Å². The minimum absolute atomic E-state index is 0.202. The standard InChI is InChI=1S/C15H21ClFNO/c1-11(2)18-10-15(6-8-19-9-7-15)12-4-3-5-13(16)14(12)17/h3-5,11,18H,6-10H2,1-2H3. The van der Waals surface area contributed by atoms with Gasteiger partial charge in [0.25, 0.3) is 0 Å². The first-order valence-electron chi connectivity index (χ1n) is 6.81. The maximum Gasteiger partial charge on any atom is 0.145 e. The van der Waals surface area contributed by atoms with E-state index in [2.05, 4.69) is 19.2 Å². The number of hydrogen-bond acceptors (Lipinski definition) is 2. The van der Waals surface area contributed by atoms with Crippen molar-refractivity contribution in [2.45, 2.75) is 38.1 Å². The lowest BCUT2D eigenvalue weighted by atomic mass is 9.73. The second-order valence-electron chi connectivity index (χ2n) is 5.53. The normalized spacial score (nSPS) is 18.8. The van der Waals surface area contributed by atoms with E-state index in [1.165, 1.54) is 0 Å². The van der Waals surface area contributed by atoms with E-state index in [-0.39, 0.29) is 16.3 Å². The number of halogens is 2. The second-order valence-corrected chi connectivity index (χ2v) is 5.94. The van der Waals surface area contributed by atoms with Gasteiger partial charge in [0.15, 0.2) is 0 Å². The van der Waals surface area contributed by atoms with Crippen molar-refractivity contribution in [3.63, 3.8) is 0 Å². The van der Waals surface area contributed by atoms with Crippen LogP contribution in [-0.4, -0.2) is 25.8 Å². The Hall–Kier alpha value is -0.640. The maximum absolute atomic E-state index is 14.4. The molecule has 0 aromatic heterocycles.